The fourth-order valence-corrected chi connectivity index (χ4v) is 5.79. The van der Waals surface area contributed by atoms with Gasteiger partial charge < -0.3 is 4.43 Å². The number of alkyl halides is 3. The number of Topliss-reactive ketones (excluding diaryl/α,β-unsaturated/α-hetero) is 1. The monoisotopic (exact) mass is 505 g/mol. The zero-order chi connectivity index (χ0) is 24.3. The molecule has 0 saturated heterocycles. The summed E-state index contributed by atoms with van der Waals surface area (Å²) in [4.78, 5) is 11.6. The second-order valence-electron chi connectivity index (χ2n) is 8.96. The number of halogens is 4. The van der Waals surface area contributed by atoms with E-state index in [4.69, 9.17) is 4.43 Å². The van der Waals surface area contributed by atoms with E-state index in [1.165, 1.54) is 12.1 Å². The van der Waals surface area contributed by atoms with Crippen LogP contribution in [0.25, 0.3) is 16.5 Å². The predicted octanol–water partition coefficient (Wildman–Crippen LogP) is 6.60. The van der Waals surface area contributed by atoms with E-state index in [1.807, 2.05) is 33.9 Å². The second kappa shape index (κ2) is 7.81. The minimum Gasteiger partial charge on any atom is -0.542 e. The number of sulfone groups is 1. The van der Waals surface area contributed by atoms with Crippen LogP contribution in [0.5, 0.6) is 5.75 Å². The number of carbonyl (C=O) groups is 1. The van der Waals surface area contributed by atoms with Crippen molar-refractivity contribution in [2.75, 3.05) is 0 Å². The number of carbonyl (C=O) groups excluding carboxylic acids is 1. The maximum Gasteiger partial charge on any atom is 0.501 e. The third-order valence-electron chi connectivity index (χ3n) is 5.62. The van der Waals surface area contributed by atoms with Crippen molar-refractivity contribution in [3.8, 4) is 16.2 Å². The van der Waals surface area contributed by atoms with Crippen LogP contribution in [0.2, 0.25) is 18.1 Å². The largest absolute Gasteiger partial charge is 0.542 e. The summed E-state index contributed by atoms with van der Waals surface area (Å²) >= 11 is 0.871. The molecule has 0 unspecified atom stereocenters. The summed E-state index contributed by atoms with van der Waals surface area (Å²) in [7, 11) is -7.89. The molecule has 0 N–H and O–H groups in total. The number of ketones is 1. The lowest BCUT2D eigenvalue weighted by Crippen LogP contribution is -2.44. The molecular formula is C21H21F4O4S2Si. The number of rotatable bonds is 4. The second-order valence-corrected chi connectivity index (χ2v) is 16.7. The van der Waals surface area contributed by atoms with Crippen molar-refractivity contribution < 1.29 is 35.2 Å². The van der Waals surface area contributed by atoms with Gasteiger partial charge >= 0.3 is 5.51 Å². The summed E-state index contributed by atoms with van der Waals surface area (Å²) in [6, 6.07) is 7.02. The normalized spacial score (nSPS) is 15.4. The van der Waals surface area contributed by atoms with E-state index in [-0.39, 0.29) is 21.2 Å². The number of fused-ring (bicyclic) bond motifs is 1. The van der Waals surface area contributed by atoms with Crippen molar-refractivity contribution in [3.05, 3.63) is 45.4 Å². The fourth-order valence-electron chi connectivity index (χ4n) is 2.72. The van der Waals surface area contributed by atoms with Gasteiger partial charge in [0.25, 0.3) is 18.2 Å². The molecule has 1 radical (unpaired) electrons. The van der Waals surface area contributed by atoms with Crippen LogP contribution in [0, 0.1) is 11.9 Å². The molecule has 32 heavy (non-hydrogen) atoms. The van der Waals surface area contributed by atoms with Crippen LogP contribution in [0.15, 0.2) is 23.1 Å². The van der Waals surface area contributed by atoms with Gasteiger partial charge in [0.05, 0.1) is 4.91 Å². The Morgan fingerprint density at radius 2 is 1.78 bits per heavy atom. The molecule has 2 aromatic rings. The highest BCUT2D eigenvalue weighted by Crippen LogP contribution is 2.42. The number of thiophene rings is 1. The minimum atomic E-state index is -5.61. The van der Waals surface area contributed by atoms with Crippen molar-refractivity contribution in [2.24, 2.45) is 0 Å². The van der Waals surface area contributed by atoms with E-state index in [9.17, 15) is 30.8 Å². The van der Waals surface area contributed by atoms with E-state index >= 15 is 0 Å². The van der Waals surface area contributed by atoms with Gasteiger partial charge in [0, 0.05) is 27.8 Å². The molecule has 0 bridgehead atoms. The number of benzene rings is 1. The predicted molar refractivity (Wildman–Crippen MR) is 118 cm³/mol. The minimum absolute atomic E-state index is 0.00636. The zero-order valence-electron chi connectivity index (χ0n) is 18.0. The van der Waals surface area contributed by atoms with Gasteiger partial charge in [-0.3, -0.25) is 4.79 Å². The van der Waals surface area contributed by atoms with Gasteiger partial charge in [-0.05, 0) is 48.0 Å². The van der Waals surface area contributed by atoms with Crippen molar-refractivity contribution in [1.82, 2.24) is 0 Å². The Balaban J connectivity index is 1.97. The molecule has 173 valence electrons. The molecule has 0 saturated carbocycles. The Morgan fingerprint density at radius 3 is 2.31 bits per heavy atom. The molecule has 0 spiro atoms. The first-order valence-electron chi connectivity index (χ1n) is 9.54. The average molecular weight is 506 g/mol. The van der Waals surface area contributed by atoms with Gasteiger partial charge in [0.15, 0.2) is 11.6 Å². The van der Waals surface area contributed by atoms with Crippen LogP contribution in [0.4, 0.5) is 17.6 Å². The van der Waals surface area contributed by atoms with E-state index in [1.54, 1.807) is 6.07 Å². The first-order chi connectivity index (χ1) is 14.4. The maximum absolute atomic E-state index is 14.8. The van der Waals surface area contributed by atoms with Crippen molar-refractivity contribution >= 4 is 41.4 Å². The first kappa shape index (κ1) is 24.7. The SMILES string of the molecule is CC(C)(C)[Si](C)(C)Oc1ccc(-c2[c]c3c(s2)C=C(S(=O)(=O)C(F)(F)F)CC3=O)cc1F. The van der Waals surface area contributed by atoms with Crippen LogP contribution >= 0.6 is 11.3 Å². The van der Waals surface area contributed by atoms with Crippen LogP contribution in [0.3, 0.4) is 0 Å². The molecule has 0 aliphatic heterocycles. The van der Waals surface area contributed by atoms with Gasteiger partial charge in [0.2, 0.25) is 0 Å². The third-order valence-corrected chi connectivity index (χ3v) is 12.6. The van der Waals surface area contributed by atoms with Gasteiger partial charge in [-0.25, -0.2) is 12.8 Å². The van der Waals surface area contributed by atoms with Gasteiger partial charge in [0.1, 0.15) is 5.75 Å². The van der Waals surface area contributed by atoms with Crippen LogP contribution in [0.1, 0.15) is 42.4 Å². The molecule has 0 atom stereocenters. The number of hydrogen-bond donors (Lipinski definition) is 0. The van der Waals surface area contributed by atoms with Crippen LogP contribution in [-0.2, 0) is 9.84 Å². The standard InChI is InChI=1S/C21H21F4O4S2Si/c1-20(2,3)32(4,5)29-17-7-6-12(8-15(17)22)18-11-14-16(26)9-13(10-19(14)30-18)31(27,28)21(23,24)25/h6-8,10H,9H2,1-5H3. The molecule has 1 aromatic carbocycles. The molecule has 0 fully saturated rings. The Kier molecular flexibility index (Phi) is 6.01. The lowest BCUT2D eigenvalue weighted by atomic mass is 10.0. The Bertz CT molecular complexity index is 1220. The molecule has 11 heteroatoms. The third kappa shape index (κ3) is 4.42. The number of allylic oxidation sites excluding steroid dienone is 1. The van der Waals surface area contributed by atoms with Gasteiger partial charge in [-0.1, -0.05) is 20.8 Å². The molecule has 4 nitrogen and oxygen atoms in total. The quantitative estimate of drug-likeness (QED) is 0.347. The van der Waals surface area contributed by atoms with Crippen molar-refractivity contribution in [1.29, 1.82) is 0 Å². The lowest BCUT2D eigenvalue weighted by Gasteiger charge is -2.36. The summed E-state index contributed by atoms with van der Waals surface area (Å²) in [6.45, 7) is 10.0. The maximum atomic E-state index is 14.8. The molecule has 0 amide bonds. The molecular weight excluding hydrogens is 484 g/mol. The molecule has 1 aliphatic carbocycles. The summed E-state index contributed by atoms with van der Waals surface area (Å²) in [5.74, 6) is -1.31. The van der Waals surface area contributed by atoms with E-state index in [0.29, 0.717) is 10.4 Å². The Labute approximate surface area is 189 Å². The highest BCUT2D eigenvalue weighted by Gasteiger charge is 2.49. The highest BCUT2D eigenvalue weighted by atomic mass is 32.2. The summed E-state index contributed by atoms with van der Waals surface area (Å²) in [5.41, 5.74) is -5.15. The van der Waals surface area contributed by atoms with Gasteiger partial charge in [-0.15, -0.1) is 11.3 Å². The van der Waals surface area contributed by atoms with E-state index in [0.717, 1.165) is 17.4 Å². The topological polar surface area (TPSA) is 60.4 Å². The van der Waals surface area contributed by atoms with Crippen molar-refractivity contribution in [3.63, 3.8) is 0 Å². The number of hydrogen-bond acceptors (Lipinski definition) is 5. The van der Waals surface area contributed by atoms with E-state index < -0.39 is 46.6 Å². The zero-order valence-corrected chi connectivity index (χ0v) is 20.6. The van der Waals surface area contributed by atoms with E-state index in [2.05, 4.69) is 6.07 Å². The fraction of sp³-hybridized carbons (Fsp3) is 0.381. The highest BCUT2D eigenvalue weighted by molar-refractivity contribution is 7.96. The first-order valence-corrected chi connectivity index (χ1v) is 14.7. The molecule has 1 aliphatic rings. The molecule has 1 heterocycles. The lowest BCUT2D eigenvalue weighted by molar-refractivity contribution is -0.0426. The Morgan fingerprint density at radius 1 is 1.16 bits per heavy atom. The molecule has 3 rings (SSSR count). The van der Waals surface area contributed by atoms with Gasteiger partial charge in [-0.2, -0.15) is 13.2 Å². The van der Waals surface area contributed by atoms with Crippen LogP contribution < -0.4 is 4.43 Å². The van der Waals surface area contributed by atoms with Crippen LogP contribution in [-0.4, -0.2) is 28.0 Å². The smallest absolute Gasteiger partial charge is 0.501 e. The average Bonchev–Trinajstić information content (AvgIpc) is 3.06. The summed E-state index contributed by atoms with van der Waals surface area (Å²) in [6.07, 6.45) is -0.0509. The van der Waals surface area contributed by atoms with Crippen molar-refractivity contribution in [2.45, 2.75) is 50.8 Å². The Hall–Kier alpha value is -1.98. The molecule has 1 aromatic heterocycles. The summed E-state index contributed by atoms with van der Waals surface area (Å²) < 4.78 is 82.8. The summed E-state index contributed by atoms with van der Waals surface area (Å²) in [5, 5.41) is -0.139.